The Morgan fingerprint density at radius 1 is 1.62 bits per heavy atom. The Morgan fingerprint density at radius 2 is 2.50 bits per heavy atom. The first-order chi connectivity index (χ1) is 7.83. The monoisotopic (exact) mass is 229 g/mol. The van der Waals surface area contributed by atoms with E-state index in [9.17, 15) is 0 Å². The first-order valence-electron chi connectivity index (χ1n) is 6.02. The van der Waals surface area contributed by atoms with Crippen LogP contribution in [-0.2, 0) is 9.47 Å². The second kappa shape index (κ2) is 8.35. The Hall–Kier alpha value is -0.810. The van der Waals surface area contributed by atoms with Gasteiger partial charge in [-0.15, -0.1) is 0 Å². The molecule has 5 nitrogen and oxygen atoms in total. The Balaban J connectivity index is 1.89. The topological polar surface area (TPSA) is 68.9 Å². The number of hydrogen-bond donors (Lipinski definition) is 2. The molecule has 0 saturated carbocycles. The molecule has 1 rings (SSSR count). The molecule has 0 amide bonds. The van der Waals surface area contributed by atoms with Crippen molar-refractivity contribution in [3.05, 3.63) is 0 Å². The highest BCUT2D eigenvalue weighted by Gasteiger charge is 2.14. The van der Waals surface area contributed by atoms with Crippen molar-refractivity contribution in [2.24, 2.45) is 16.6 Å². The van der Waals surface area contributed by atoms with Gasteiger partial charge in [0.2, 0.25) is 0 Å². The molecule has 1 heterocycles. The molecule has 0 radical (unpaired) electrons. The van der Waals surface area contributed by atoms with Gasteiger partial charge in [0.25, 0.3) is 0 Å². The predicted octanol–water partition coefficient (Wildman–Crippen LogP) is 0.354. The first kappa shape index (κ1) is 13.3. The molecule has 1 aliphatic rings. The highest BCUT2D eigenvalue weighted by Crippen LogP contribution is 2.12. The zero-order valence-corrected chi connectivity index (χ0v) is 10.1. The lowest BCUT2D eigenvalue weighted by Gasteiger charge is -2.07. The van der Waals surface area contributed by atoms with Gasteiger partial charge in [-0.1, -0.05) is 0 Å². The number of aliphatic imine (C=N–C) groups is 1. The van der Waals surface area contributed by atoms with Gasteiger partial charge in [-0.3, -0.25) is 4.99 Å². The summed E-state index contributed by atoms with van der Waals surface area (Å²) in [7, 11) is 0. The second-order valence-corrected chi connectivity index (χ2v) is 3.96. The van der Waals surface area contributed by atoms with Gasteiger partial charge >= 0.3 is 0 Å². The van der Waals surface area contributed by atoms with E-state index in [-0.39, 0.29) is 0 Å². The summed E-state index contributed by atoms with van der Waals surface area (Å²) in [6, 6.07) is 0. The van der Waals surface area contributed by atoms with Gasteiger partial charge < -0.3 is 20.5 Å². The van der Waals surface area contributed by atoms with Crippen LogP contribution in [0.1, 0.15) is 19.8 Å². The summed E-state index contributed by atoms with van der Waals surface area (Å²) in [5, 5.41) is 2.95. The second-order valence-electron chi connectivity index (χ2n) is 3.96. The molecule has 0 aromatic heterocycles. The van der Waals surface area contributed by atoms with Gasteiger partial charge in [-0.2, -0.15) is 0 Å². The molecular weight excluding hydrogens is 206 g/mol. The van der Waals surface area contributed by atoms with Gasteiger partial charge in [-0.25, -0.2) is 0 Å². The van der Waals surface area contributed by atoms with Gasteiger partial charge in [0.1, 0.15) is 0 Å². The molecule has 94 valence electrons. The quantitative estimate of drug-likeness (QED) is 0.375. The summed E-state index contributed by atoms with van der Waals surface area (Å²) >= 11 is 0. The summed E-state index contributed by atoms with van der Waals surface area (Å²) in [5.74, 6) is 1.11. The fourth-order valence-electron chi connectivity index (χ4n) is 1.57. The largest absolute Gasteiger partial charge is 0.381 e. The average molecular weight is 229 g/mol. The number of nitrogens with one attached hydrogen (secondary N) is 1. The van der Waals surface area contributed by atoms with E-state index in [1.165, 1.54) is 0 Å². The molecule has 0 aromatic rings. The molecular formula is C11H23N3O2. The van der Waals surface area contributed by atoms with Crippen molar-refractivity contribution in [2.75, 3.05) is 39.5 Å². The number of guanidine groups is 1. The fourth-order valence-corrected chi connectivity index (χ4v) is 1.57. The minimum absolute atomic E-state index is 0.520. The van der Waals surface area contributed by atoms with E-state index < -0.39 is 0 Å². The van der Waals surface area contributed by atoms with E-state index in [4.69, 9.17) is 15.2 Å². The molecule has 0 spiro atoms. The van der Waals surface area contributed by atoms with Crippen LogP contribution in [0.4, 0.5) is 0 Å². The van der Waals surface area contributed by atoms with Crippen LogP contribution in [-0.4, -0.2) is 45.5 Å². The van der Waals surface area contributed by atoms with Crippen LogP contribution >= 0.6 is 0 Å². The van der Waals surface area contributed by atoms with Crippen molar-refractivity contribution in [1.29, 1.82) is 0 Å². The third kappa shape index (κ3) is 5.92. The van der Waals surface area contributed by atoms with E-state index in [2.05, 4.69) is 10.3 Å². The van der Waals surface area contributed by atoms with Crippen LogP contribution in [0.25, 0.3) is 0 Å². The van der Waals surface area contributed by atoms with E-state index in [0.717, 1.165) is 52.4 Å². The normalized spacial score (nSPS) is 21.3. The first-order valence-corrected chi connectivity index (χ1v) is 6.02. The summed E-state index contributed by atoms with van der Waals surface area (Å²) in [4.78, 5) is 4.16. The molecule has 1 unspecified atom stereocenters. The van der Waals surface area contributed by atoms with Gasteiger partial charge in [0.15, 0.2) is 5.96 Å². The van der Waals surface area contributed by atoms with Crippen LogP contribution in [0, 0.1) is 5.92 Å². The van der Waals surface area contributed by atoms with Crippen LogP contribution in [0.3, 0.4) is 0 Å². The standard InChI is InChI=1S/C11H23N3O2/c1-2-13-11(12)14-5-3-6-15-8-10-4-7-16-9-10/h10H,2-9H2,1H3,(H3,12,13,14). The van der Waals surface area contributed by atoms with Crippen molar-refractivity contribution in [1.82, 2.24) is 5.32 Å². The van der Waals surface area contributed by atoms with Crippen molar-refractivity contribution >= 4 is 5.96 Å². The Bertz CT molecular complexity index is 203. The summed E-state index contributed by atoms with van der Waals surface area (Å²) in [5.41, 5.74) is 5.58. The molecule has 16 heavy (non-hydrogen) atoms. The fraction of sp³-hybridized carbons (Fsp3) is 0.909. The maximum absolute atomic E-state index is 5.58. The van der Waals surface area contributed by atoms with Crippen LogP contribution < -0.4 is 11.1 Å². The number of rotatable bonds is 7. The third-order valence-electron chi connectivity index (χ3n) is 2.46. The Labute approximate surface area is 97.4 Å². The Morgan fingerprint density at radius 3 is 3.19 bits per heavy atom. The number of nitrogens with zero attached hydrogens (tertiary/aromatic N) is 1. The number of hydrogen-bond acceptors (Lipinski definition) is 3. The molecule has 0 bridgehead atoms. The molecule has 1 fully saturated rings. The van der Waals surface area contributed by atoms with Crippen molar-refractivity contribution in [2.45, 2.75) is 19.8 Å². The average Bonchev–Trinajstić information content (AvgIpc) is 2.76. The maximum Gasteiger partial charge on any atom is 0.188 e. The van der Waals surface area contributed by atoms with Gasteiger partial charge in [0.05, 0.1) is 13.2 Å². The van der Waals surface area contributed by atoms with E-state index >= 15 is 0 Å². The molecule has 3 N–H and O–H groups in total. The summed E-state index contributed by atoms with van der Waals surface area (Å²) in [6.45, 7) is 6.83. The van der Waals surface area contributed by atoms with Crippen molar-refractivity contribution in [3.8, 4) is 0 Å². The van der Waals surface area contributed by atoms with Crippen molar-refractivity contribution in [3.63, 3.8) is 0 Å². The SMILES string of the molecule is CCNC(N)=NCCCOCC1CCOC1. The molecule has 0 aromatic carbocycles. The summed E-state index contributed by atoms with van der Waals surface area (Å²) in [6.07, 6.45) is 2.05. The van der Waals surface area contributed by atoms with E-state index in [0.29, 0.717) is 11.9 Å². The smallest absolute Gasteiger partial charge is 0.188 e. The number of nitrogens with two attached hydrogens (primary N) is 1. The van der Waals surface area contributed by atoms with Crippen LogP contribution in [0.2, 0.25) is 0 Å². The molecule has 1 saturated heterocycles. The van der Waals surface area contributed by atoms with Crippen LogP contribution in [0.5, 0.6) is 0 Å². The highest BCUT2D eigenvalue weighted by atomic mass is 16.5. The predicted molar refractivity (Wildman–Crippen MR) is 64.5 cm³/mol. The van der Waals surface area contributed by atoms with E-state index in [1.807, 2.05) is 6.92 Å². The maximum atomic E-state index is 5.58. The molecule has 0 aliphatic carbocycles. The zero-order chi connectivity index (χ0) is 11.6. The zero-order valence-electron chi connectivity index (χ0n) is 10.1. The molecule has 5 heteroatoms. The van der Waals surface area contributed by atoms with Crippen LogP contribution in [0.15, 0.2) is 4.99 Å². The lowest BCUT2D eigenvalue weighted by atomic mass is 10.1. The van der Waals surface area contributed by atoms with E-state index in [1.54, 1.807) is 0 Å². The number of ether oxygens (including phenoxy) is 2. The lowest BCUT2D eigenvalue weighted by molar-refractivity contribution is 0.0893. The summed E-state index contributed by atoms with van der Waals surface area (Å²) < 4.78 is 10.8. The van der Waals surface area contributed by atoms with Gasteiger partial charge in [-0.05, 0) is 19.8 Å². The minimum Gasteiger partial charge on any atom is -0.381 e. The Kier molecular flexibility index (Phi) is 6.92. The molecule has 1 aliphatic heterocycles. The molecule has 1 atom stereocenters. The third-order valence-corrected chi connectivity index (χ3v) is 2.46. The minimum atomic E-state index is 0.520. The highest BCUT2D eigenvalue weighted by molar-refractivity contribution is 5.77. The van der Waals surface area contributed by atoms with Gasteiger partial charge in [0, 0.05) is 32.2 Å². The lowest BCUT2D eigenvalue weighted by Crippen LogP contribution is -2.31. The van der Waals surface area contributed by atoms with Crippen molar-refractivity contribution < 1.29 is 9.47 Å².